The number of carbonyl (C=O) groups is 1. The quantitative estimate of drug-likeness (QED) is 0.800. The first-order chi connectivity index (χ1) is 13.2. The van der Waals surface area contributed by atoms with Crippen LogP contribution >= 0.6 is 0 Å². The van der Waals surface area contributed by atoms with Crippen molar-refractivity contribution < 1.29 is 9.21 Å². The third-order valence-corrected chi connectivity index (χ3v) is 5.49. The van der Waals surface area contributed by atoms with Gasteiger partial charge in [-0.15, -0.1) is 0 Å². The molecule has 0 spiro atoms. The molecule has 5 nitrogen and oxygen atoms in total. The zero-order valence-electron chi connectivity index (χ0n) is 15.9. The van der Waals surface area contributed by atoms with Gasteiger partial charge in [0.25, 0.3) is 0 Å². The minimum atomic E-state index is -0.0566. The molecule has 5 heteroatoms. The molecule has 27 heavy (non-hydrogen) atoms. The number of hydrogen-bond acceptors (Lipinski definition) is 4. The summed E-state index contributed by atoms with van der Waals surface area (Å²) in [6.07, 6.45) is 6.64. The lowest BCUT2D eigenvalue weighted by atomic mass is 9.99. The molecule has 1 saturated heterocycles. The molecule has 1 aromatic carbocycles. The van der Waals surface area contributed by atoms with E-state index < -0.39 is 0 Å². The standard InChI is InChI=1S/C22H27N3O2/c1-17-7-5-8-18(15-17)20-16-19(21-9-6-14-27-21)23-25(20)22(26)10-13-24-11-3-2-4-12-24/h5-9,14-15,20H,2-4,10-13,16H2,1H3/t20-/m0/s1. The lowest BCUT2D eigenvalue weighted by molar-refractivity contribution is -0.133. The Bertz CT molecular complexity index is 807. The van der Waals surface area contributed by atoms with Gasteiger partial charge in [0.05, 0.1) is 12.3 Å². The molecule has 0 aliphatic carbocycles. The Hall–Kier alpha value is -2.40. The smallest absolute Gasteiger partial charge is 0.244 e. The van der Waals surface area contributed by atoms with Crippen molar-refractivity contribution in [2.75, 3.05) is 19.6 Å². The Morgan fingerprint density at radius 1 is 1.19 bits per heavy atom. The average Bonchev–Trinajstić information content (AvgIpc) is 3.36. The molecular weight excluding hydrogens is 338 g/mol. The summed E-state index contributed by atoms with van der Waals surface area (Å²) in [5.74, 6) is 0.840. The van der Waals surface area contributed by atoms with Gasteiger partial charge in [0.1, 0.15) is 11.5 Å². The fourth-order valence-electron chi connectivity index (χ4n) is 4.02. The number of amides is 1. The van der Waals surface area contributed by atoms with Gasteiger partial charge in [-0.1, -0.05) is 36.2 Å². The van der Waals surface area contributed by atoms with Crippen LogP contribution in [0.3, 0.4) is 0 Å². The highest BCUT2D eigenvalue weighted by molar-refractivity contribution is 6.01. The maximum atomic E-state index is 13.0. The Labute approximate surface area is 160 Å². The molecule has 0 bridgehead atoms. The fraction of sp³-hybridized carbons (Fsp3) is 0.455. The lowest BCUT2D eigenvalue weighted by Gasteiger charge is -2.27. The number of carbonyl (C=O) groups excluding carboxylic acids is 1. The Kier molecular flexibility index (Phi) is 5.39. The van der Waals surface area contributed by atoms with Crippen molar-refractivity contribution in [3.05, 3.63) is 59.5 Å². The zero-order valence-corrected chi connectivity index (χ0v) is 15.9. The van der Waals surface area contributed by atoms with E-state index >= 15 is 0 Å². The number of hydrogen-bond donors (Lipinski definition) is 0. The third-order valence-electron chi connectivity index (χ3n) is 5.49. The molecule has 1 atom stereocenters. The maximum absolute atomic E-state index is 13.0. The molecule has 1 fully saturated rings. The summed E-state index contributed by atoms with van der Waals surface area (Å²) in [6.45, 7) is 5.11. The van der Waals surface area contributed by atoms with Crippen LogP contribution in [0.1, 0.15) is 55.0 Å². The van der Waals surface area contributed by atoms with Crippen molar-refractivity contribution in [3.63, 3.8) is 0 Å². The highest BCUT2D eigenvalue weighted by Crippen LogP contribution is 2.33. The normalized spacial score (nSPS) is 20.7. The number of hydrazone groups is 1. The first kappa shape index (κ1) is 18.0. The van der Waals surface area contributed by atoms with E-state index in [-0.39, 0.29) is 11.9 Å². The van der Waals surface area contributed by atoms with Gasteiger partial charge in [0.15, 0.2) is 0 Å². The fourth-order valence-corrected chi connectivity index (χ4v) is 4.02. The molecule has 0 unspecified atom stereocenters. The lowest BCUT2D eigenvalue weighted by Crippen LogP contribution is -2.35. The minimum Gasteiger partial charge on any atom is -0.463 e. The van der Waals surface area contributed by atoms with Gasteiger partial charge in [-0.3, -0.25) is 4.79 Å². The van der Waals surface area contributed by atoms with Gasteiger partial charge in [0.2, 0.25) is 5.91 Å². The molecule has 1 amide bonds. The van der Waals surface area contributed by atoms with Crippen molar-refractivity contribution in [2.45, 2.75) is 45.1 Å². The molecule has 142 valence electrons. The SMILES string of the molecule is Cc1cccc([C@@H]2CC(c3ccco3)=NN2C(=O)CCN2CCCCC2)c1. The number of piperidine rings is 1. The van der Waals surface area contributed by atoms with Crippen molar-refractivity contribution in [1.82, 2.24) is 9.91 Å². The summed E-state index contributed by atoms with van der Waals surface area (Å²) >= 11 is 0. The van der Waals surface area contributed by atoms with E-state index in [1.165, 1.54) is 24.8 Å². The number of benzene rings is 1. The molecule has 4 rings (SSSR count). The van der Waals surface area contributed by atoms with Gasteiger partial charge in [0, 0.05) is 19.4 Å². The zero-order chi connectivity index (χ0) is 18.6. The topological polar surface area (TPSA) is 49.1 Å². The maximum Gasteiger partial charge on any atom is 0.244 e. The molecule has 1 aromatic heterocycles. The molecule has 0 radical (unpaired) electrons. The Balaban J connectivity index is 1.52. The summed E-state index contributed by atoms with van der Waals surface area (Å²) in [6, 6.07) is 12.1. The minimum absolute atomic E-state index is 0.0566. The second-order valence-corrected chi connectivity index (χ2v) is 7.55. The highest BCUT2D eigenvalue weighted by atomic mass is 16.3. The van der Waals surface area contributed by atoms with Crippen LogP contribution in [0.15, 0.2) is 52.2 Å². The summed E-state index contributed by atoms with van der Waals surface area (Å²) in [5.41, 5.74) is 3.17. The van der Waals surface area contributed by atoms with E-state index in [1.807, 2.05) is 18.2 Å². The van der Waals surface area contributed by atoms with Crippen molar-refractivity contribution >= 4 is 11.6 Å². The van der Waals surface area contributed by atoms with Crippen LogP contribution in [0.4, 0.5) is 0 Å². The average molecular weight is 365 g/mol. The first-order valence-corrected chi connectivity index (χ1v) is 9.93. The first-order valence-electron chi connectivity index (χ1n) is 9.93. The molecule has 2 aliphatic heterocycles. The number of rotatable bonds is 5. The second kappa shape index (κ2) is 8.09. The summed E-state index contributed by atoms with van der Waals surface area (Å²) in [5, 5.41) is 6.36. The molecule has 0 saturated carbocycles. The van der Waals surface area contributed by atoms with E-state index in [2.05, 4.69) is 35.1 Å². The van der Waals surface area contributed by atoms with E-state index in [9.17, 15) is 4.79 Å². The third kappa shape index (κ3) is 4.14. The Morgan fingerprint density at radius 3 is 2.78 bits per heavy atom. The van der Waals surface area contributed by atoms with Crippen LogP contribution in [-0.4, -0.2) is 41.2 Å². The predicted octanol–water partition coefficient (Wildman–Crippen LogP) is 4.14. The second-order valence-electron chi connectivity index (χ2n) is 7.55. The predicted molar refractivity (Wildman–Crippen MR) is 106 cm³/mol. The van der Waals surface area contributed by atoms with E-state index in [0.29, 0.717) is 12.8 Å². The molecule has 2 aromatic rings. The number of aryl methyl sites for hydroxylation is 1. The van der Waals surface area contributed by atoms with Crippen LogP contribution in [0.25, 0.3) is 0 Å². The van der Waals surface area contributed by atoms with Gasteiger partial charge < -0.3 is 9.32 Å². The number of nitrogens with zero attached hydrogens (tertiary/aromatic N) is 3. The van der Waals surface area contributed by atoms with Crippen LogP contribution in [0.2, 0.25) is 0 Å². The largest absolute Gasteiger partial charge is 0.463 e. The monoisotopic (exact) mass is 365 g/mol. The van der Waals surface area contributed by atoms with E-state index in [1.54, 1.807) is 11.3 Å². The molecule has 3 heterocycles. The highest BCUT2D eigenvalue weighted by Gasteiger charge is 2.34. The van der Waals surface area contributed by atoms with Crippen LogP contribution in [-0.2, 0) is 4.79 Å². The molecule has 0 N–H and O–H groups in total. The Morgan fingerprint density at radius 2 is 2.04 bits per heavy atom. The number of furan rings is 1. The van der Waals surface area contributed by atoms with Crippen LogP contribution < -0.4 is 0 Å². The van der Waals surface area contributed by atoms with Crippen LogP contribution in [0, 0.1) is 6.92 Å². The summed E-state index contributed by atoms with van der Waals surface area (Å²) in [4.78, 5) is 15.4. The van der Waals surface area contributed by atoms with E-state index in [4.69, 9.17) is 4.42 Å². The van der Waals surface area contributed by atoms with Gasteiger partial charge in [-0.25, -0.2) is 5.01 Å². The summed E-state index contributed by atoms with van der Waals surface area (Å²) in [7, 11) is 0. The van der Waals surface area contributed by atoms with Gasteiger partial charge in [-0.05, 0) is 50.6 Å². The van der Waals surface area contributed by atoms with Crippen molar-refractivity contribution in [3.8, 4) is 0 Å². The van der Waals surface area contributed by atoms with E-state index in [0.717, 1.165) is 36.7 Å². The number of likely N-dealkylation sites (tertiary alicyclic amines) is 1. The molecular formula is C22H27N3O2. The van der Waals surface area contributed by atoms with Gasteiger partial charge in [-0.2, -0.15) is 5.10 Å². The molecule has 2 aliphatic rings. The van der Waals surface area contributed by atoms with Gasteiger partial charge >= 0.3 is 0 Å². The van der Waals surface area contributed by atoms with Crippen molar-refractivity contribution in [2.24, 2.45) is 5.10 Å². The van der Waals surface area contributed by atoms with Crippen molar-refractivity contribution in [1.29, 1.82) is 0 Å². The van der Waals surface area contributed by atoms with Crippen LogP contribution in [0.5, 0.6) is 0 Å². The summed E-state index contributed by atoms with van der Waals surface area (Å²) < 4.78 is 5.53.